The van der Waals surface area contributed by atoms with Crippen molar-refractivity contribution in [3.8, 4) is 0 Å². The quantitative estimate of drug-likeness (QED) is 0.518. The minimum absolute atomic E-state index is 0.156. The number of Topliss-reactive ketones (excluding diaryl/α,β-unsaturated/α-hetero) is 1. The largest absolute Gasteiger partial charge is 0.298 e. The van der Waals surface area contributed by atoms with Gasteiger partial charge >= 0.3 is 0 Å². The molecule has 0 saturated heterocycles. The van der Waals surface area contributed by atoms with Gasteiger partial charge in [-0.25, -0.2) is 8.42 Å². The van der Waals surface area contributed by atoms with Crippen LogP contribution >= 0.6 is 0 Å². The fraction of sp³-hybridized carbons (Fsp3) is 0.269. The number of rotatable bonds is 5. The van der Waals surface area contributed by atoms with Gasteiger partial charge in [0.15, 0.2) is 15.6 Å². The van der Waals surface area contributed by atoms with Gasteiger partial charge in [0.05, 0.1) is 4.90 Å². The molecule has 1 saturated carbocycles. The van der Waals surface area contributed by atoms with E-state index in [-0.39, 0.29) is 17.1 Å². The smallest absolute Gasteiger partial charge is 0.191 e. The van der Waals surface area contributed by atoms with Crippen LogP contribution in [0, 0.1) is 6.92 Å². The van der Waals surface area contributed by atoms with Crippen molar-refractivity contribution in [1.29, 1.82) is 0 Å². The first kappa shape index (κ1) is 20.5. The predicted molar refractivity (Wildman–Crippen MR) is 122 cm³/mol. The Kier molecular flexibility index (Phi) is 5.61. The topological polar surface area (TPSA) is 51.2 Å². The molecule has 0 unspecified atom stereocenters. The molecule has 1 aliphatic rings. The molecule has 1 fully saturated rings. The van der Waals surface area contributed by atoms with E-state index >= 15 is 0 Å². The van der Waals surface area contributed by atoms with Crippen molar-refractivity contribution >= 4 is 32.5 Å². The van der Waals surface area contributed by atoms with Gasteiger partial charge in [-0.1, -0.05) is 78.7 Å². The highest BCUT2D eigenvalue weighted by Gasteiger charge is 2.50. The molecular weight excluding hydrogens is 392 g/mol. The molecule has 0 spiro atoms. The van der Waals surface area contributed by atoms with E-state index < -0.39 is 14.6 Å². The zero-order valence-corrected chi connectivity index (χ0v) is 18.0. The summed E-state index contributed by atoms with van der Waals surface area (Å²) in [4.78, 5) is 13.3. The molecule has 0 amide bonds. The molecule has 0 radical (unpaired) electrons. The fourth-order valence-electron chi connectivity index (χ4n) is 4.39. The minimum atomic E-state index is -3.79. The van der Waals surface area contributed by atoms with Gasteiger partial charge in [-0.3, -0.25) is 4.79 Å². The van der Waals surface area contributed by atoms with E-state index in [0.717, 1.165) is 34.7 Å². The third-order valence-electron chi connectivity index (χ3n) is 6.16. The number of fused-ring (bicyclic) bond motifs is 1. The van der Waals surface area contributed by atoms with E-state index in [2.05, 4.69) is 18.2 Å². The maximum absolute atomic E-state index is 13.6. The van der Waals surface area contributed by atoms with Crippen molar-refractivity contribution < 1.29 is 13.2 Å². The molecule has 30 heavy (non-hydrogen) atoms. The molecule has 4 rings (SSSR count). The van der Waals surface area contributed by atoms with Crippen molar-refractivity contribution in [1.82, 2.24) is 0 Å². The van der Waals surface area contributed by atoms with Gasteiger partial charge in [-0.15, -0.1) is 0 Å². The third kappa shape index (κ3) is 3.61. The average molecular weight is 419 g/mol. The van der Waals surface area contributed by atoms with Crippen LogP contribution in [0.1, 0.15) is 43.2 Å². The SMILES string of the molecule is Cc1ccc(S(=O)(=O)[C@]2(C/C=C/c3cccc4ccccc34)CCCCC2=O)cc1. The van der Waals surface area contributed by atoms with Crippen molar-refractivity contribution in [3.05, 3.63) is 83.9 Å². The second kappa shape index (κ2) is 8.19. The van der Waals surface area contributed by atoms with Crippen molar-refractivity contribution in [2.75, 3.05) is 0 Å². The highest BCUT2D eigenvalue weighted by Crippen LogP contribution is 2.40. The van der Waals surface area contributed by atoms with Gasteiger partial charge in [0, 0.05) is 6.42 Å². The van der Waals surface area contributed by atoms with E-state index in [1.807, 2.05) is 43.3 Å². The molecule has 0 N–H and O–H groups in total. The van der Waals surface area contributed by atoms with Crippen LogP contribution in [0.3, 0.4) is 0 Å². The summed E-state index contributed by atoms with van der Waals surface area (Å²) in [6.07, 6.45) is 6.24. The van der Waals surface area contributed by atoms with Crippen LogP contribution in [-0.4, -0.2) is 18.9 Å². The molecule has 0 aromatic heterocycles. The van der Waals surface area contributed by atoms with Crippen LogP contribution in [0.15, 0.2) is 77.7 Å². The van der Waals surface area contributed by atoms with E-state index in [9.17, 15) is 13.2 Å². The molecule has 3 nitrogen and oxygen atoms in total. The number of aryl methyl sites for hydroxylation is 1. The highest BCUT2D eigenvalue weighted by molar-refractivity contribution is 7.93. The molecule has 4 heteroatoms. The van der Waals surface area contributed by atoms with E-state index in [1.54, 1.807) is 24.3 Å². The Morgan fingerprint density at radius 3 is 2.43 bits per heavy atom. The Morgan fingerprint density at radius 1 is 0.933 bits per heavy atom. The summed E-state index contributed by atoms with van der Waals surface area (Å²) in [6, 6.07) is 21.0. The second-order valence-corrected chi connectivity index (χ2v) is 10.4. The number of carbonyl (C=O) groups is 1. The number of sulfone groups is 1. The van der Waals surface area contributed by atoms with Crippen molar-refractivity contribution in [3.63, 3.8) is 0 Å². The zero-order valence-electron chi connectivity index (χ0n) is 17.2. The number of benzene rings is 3. The molecule has 0 heterocycles. The summed E-state index contributed by atoms with van der Waals surface area (Å²) in [5.74, 6) is -0.156. The van der Waals surface area contributed by atoms with E-state index in [4.69, 9.17) is 0 Å². The lowest BCUT2D eigenvalue weighted by Crippen LogP contribution is -2.48. The molecule has 154 valence electrons. The highest BCUT2D eigenvalue weighted by atomic mass is 32.2. The average Bonchev–Trinajstić information content (AvgIpc) is 2.75. The number of hydrogen-bond donors (Lipinski definition) is 0. The van der Waals surface area contributed by atoms with Crippen molar-refractivity contribution in [2.45, 2.75) is 48.7 Å². The van der Waals surface area contributed by atoms with Crippen LogP contribution in [0.25, 0.3) is 16.8 Å². The predicted octanol–water partition coefficient (Wildman–Crippen LogP) is 5.91. The van der Waals surface area contributed by atoms with Gasteiger partial charge in [-0.05, 0) is 54.7 Å². The zero-order chi connectivity index (χ0) is 21.2. The molecular formula is C26H26O3S. The van der Waals surface area contributed by atoms with E-state index in [0.29, 0.717) is 12.8 Å². The number of allylic oxidation sites excluding steroid dienone is 1. The maximum Gasteiger partial charge on any atom is 0.191 e. The van der Waals surface area contributed by atoms with Crippen LogP contribution in [0.5, 0.6) is 0 Å². The van der Waals surface area contributed by atoms with Crippen LogP contribution < -0.4 is 0 Å². The van der Waals surface area contributed by atoms with Crippen LogP contribution in [0.4, 0.5) is 0 Å². The Bertz CT molecular complexity index is 1200. The molecule has 3 aromatic rings. The first-order valence-corrected chi connectivity index (χ1v) is 11.9. The van der Waals surface area contributed by atoms with Gasteiger partial charge < -0.3 is 0 Å². The summed E-state index contributed by atoms with van der Waals surface area (Å²) in [5.41, 5.74) is 2.02. The summed E-state index contributed by atoms with van der Waals surface area (Å²) in [7, 11) is -3.79. The normalized spacial score (nSPS) is 20.1. The Labute approximate surface area is 178 Å². The Hall–Kier alpha value is -2.72. The van der Waals surface area contributed by atoms with Crippen LogP contribution in [-0.2, 0) is 14.6 Å². The standard InChI is InChI=1S/C26H26O3S/c1-20-14-16-23(17-15-20)30(28,29)26(18-5-4-13-25(26)27)19-7-11-22-10-6-9-21-8-2-3-12-24(21)22/h2-3,6-12,14-17H,4-5,13,18-19H2,1H3/b11-7+/t26-/m0/s1. The molecule has 1 aliphatic carbocycles. The number of hydrogen-bond acceptors (Lipinski definition) is 3. The lowest BCUT2D eigenvalue weighted by atomic mass is 9.84. The minimum Gasteiger partial charge on any atom is -0.298 e. The fourth-order valence-corrected chi connectivity index (χ4v) is 6.46. The van der Waals surface area contributed by atoms with Gasteiger partial charge in [0.25, 0.3) is 0 Å². The summed E-state index contributed by atoms with van der Waals surface area (Å²) in [6.45, 7) is 1.92. The Morgan fingerprint density at radius 2 is 1.67 bits per heavy atom. The number of ketones is 1. The lowest BCUT2D eigenvalue weighted by molar-refractivity contribution is -0.123. The molecule has 0 aliphatic heterocycles. The summed E-state index contributed by atoms with van der Waals surface area (Å²) < 4.78 is 25.9. The van der Waals surface area contributed by atoms with Crippen molar-refractivity contribution in [2.24, 2.45) is 0 Å². The molecule has 0 bridgehead atoms. The van der Waals surface area contributed by atoms with Crippen LogP contribution in [0.2, 0.25) is 0 Å². The number of carbonyl (C=O) groups excluding carboxylic acids is 1. The molecule has 3 aromatic carbocycles. The second-order valence-electron chi connectivity index (χ2n) is 8.12. The Balaban J connectivity index is 1.72. The third-order valence-corrected chi connectivity index (χ3v) is 8.68. The summed E-state index contributed by atoms with van der Waals surface area (Å²) in [5, 5.41) is 2.25. The van der Waals surface area contributed by atoms with Gasteiger partial charge in [-0.2, -0.15) is 0 Å². The maximum atomic E-state index is 13.6. The monoisotopic (exact) mass is 418 g/mol. The van der Waals surface area contributed by atoms with E-state index in [1.165, 1.54) is 0 Å². The van der Waals surface area contributed by atoms with Gasteiger partial charge in [0.1, 0.15) is 4.75 Å². The lowest BCUT2D eigenvalue weighted by Gasteiger charge is -2.34. The molecule has 1 atom stereocenters. The first-order valence-electron chi connectivity index (χ1n) is 10.4. The first-order chi connectivity index (χ1) is 14.4. The van der Waals surface area contributed by atoms with Gasteiger partial charge in [0.2, 0.25) is 0 Å². The summed E-state index contributed by atoms with van der Waals surface area (Å²) >= 11 is 0.